The second kappa shape index (κ2) is 6.03. The first-order valence-electron chi connectivity index (χ1n) is 5.04. The van der Waals surface area contributed by atoms with Gasteiger partial charge in [0.1, 0.15) is 0 Å². The van der Waals surface area contributed by atoms with Gasteiger partial charge in [-0.05, 0) is 28.4 Å². The zero-order valence-corrected chi connectivity index (χ0v) is 10.7. The fraction of sp³-hybridized carbons (Fsp3) is 0.400. The Morgan fingerprint density at radius 3 is 2.56 bits per heavy atom. The molecule has 100 valence electrons. The third-order valence-corrected chi connectivity index (χ3v) is 2.77. The third kappa shape index (κ3) is 4.91. The van der Waals surface area contributed by atoms with Crippen LogP contribution in [0.5, 0.6) is 0 Å². The van der Waals surface area contributed by atoms with Crippen molar-refractivity contribution in [2.24, 2.45) is 0 Å². The number of benzene rings is 1. The Morgan fingerprint density at radius 1 is 1.39 bits per heavy atom. The van der Waals surface area contributed by atoms with Crippen molar-refractivity contribution in [3.05, 3.63) is 32.8 Å². The fourth-order valence-electron chi connectivity index (χ4n) is 1.27. The highest BCUT2D eigenvalue weighted by atomic mass is 79.9. The van der Waals surface area contributed by atoms with E-state index in [2.05, 4.69) is 21.2 Å². The summed E-state index contributed by atoms with van der Waals surface area (Å²) in [5.74, 6) is 0. The minimum atomic E-state index is -4.16. The first kappa shape index (κ1) is 14.7. The van der Waals surface area contributed by atoms with Crippen LogP contribution in [0.2, 0.25) is 0 Å². The van der Waals surface area contributed by atoms with Crippen molar-refractivity contribution in [3.63, 3.8) is 0 Å². The summed E-state index contributed by atoms with van der Waals surface area (Å²) in [4.78, 5) is 9.93. The molecule has 1 aromatic carbocycles. The standard InChI is InChI=1S/C10H10BrF3N2O2/c11-8-6-7(16(17)18)2-3-9(8)15-5-1-4-10(12,13)14/h2-3,6,15H,1,4-5H2. The molecule has 0 heterocycles. The van der Waals surface area contributed by atoms with Crippen molar-refractivity contribution in [1.82, 2.24) is 0 Å². The van der Waals surface area contributed by atoms with Crippen molar-refractivity contribution in [3.8, 4) is 0 Å². The van der Waals surface area contributed by atoms with Gasteiger partial charge in [-0.1, -0.05) is 0 Å². The van der Waals surface area contributed by atoms with Crippen LogP contribution in [-0.4, -0.2) is 17.6 Å². The van der Waals surface area contributed by atoms with Crippen LogP contribution in [0.15, 0.2) is 22.7 Å². The van der Waals surface area contributed by atoms with Gasteiger partial charge in [0, 0.05) is 35.3 Å². The van der Waals surface area contributed by atoms with E-state index < -0.39 is 17.5 Å². The van der Waals surface area contributed by atoms with Crippen LogP contribution in [0.4, 0.5) is 24.5 Å². The molecule has 0 spiro atoms. The first-order valence-corrected chi connectivity index (χ1v) is 5.83. The summed E-state index contributed by atoms with van der Waals surface area (Å²) < 4.78 is 36.1. The van der Waals surface area contributed by atoms with Crippen LogP contribution in [0.3, 0.4) is 0 Å². The summed E-state index contributed by atoms with van der Waals surface area (Å²) in [6.07, 6.45) is -5.06. The smallest absolute Gasteiger partial charge is 0.384 e. The van der Waals surface area contributed by atoms with Gasteiger partial charge >= 0.3 is 6.18 Å². The summed E-state index contributed by atoms with van der Waals surface area (Å²) >= 11 is 3.12. The quantitative estimate of drug-likeness (QED) is 0.503. The fourth-order valence-corrected chi connectivity index (χ4v) is 1.78. The number of alkyl halides is 3. The zero-order chi connectivity index (χ0) is 13.8. The van der Waals surface area contributed by atoms with Crippen LogP contribution in [0.25, 0.3) is 0 Å². The Morgan fingerprint density at radius 2 is 2.06 bits per heavy atom. The molecular formula is C10H10BrF3N2O2. The molecule has 0 aromatic heterocycles. The van der Waals surface area contributed by atoms with Crippen molar-refractivity contribution in [2.75, 3.05) is 11.9 Å². The predicted octanol–water partition coefficient (Wildman–Crippen LogP) is 4.11. The molecule has 1 aromatic rings. The molecule has 8 heteroatoms. The number of nitrogens with zero attached hydrogens (tertiary/aromatic N) is 1. The minimum Gasteiger partial charge on any atom is -0.384 e. The number of nitro benzene ring substituents is 1. The van der Waals surface area contributed by atoms with E-state index in [0.717, 1.165) is 0 Å². The van der Waals surface area contributed by atoms with Crippen LogP contribution in [0, 0.1) is 10.1 Å². The maximum absolute atomic E-state index is 11.9. The van der Waals surface area contributed by atoms with Crippen LogP contribution >= 0.6 is 15.9 Å². The highest BCUT2D eigenvalue weighted by Gasteiger charge is 2.25. The number of halogens is 4. The van der Waals surface area contributed by atoms with E-state index in [1.807, 2.05) is 0 Å². The molecule has 0 unspecified atom stereocenters. The van der Waals surface area contributed by atoms with Gasteiger partial charge in [-0.15, -0.1) is 0 Å². The molecule has 0 saturated carbocycles. The van der Waals surface area contributed by atoms with Crippen molar-refractivity contribution < 1.29 is 18.1 Å². The number of nitrogens with one attached hydrogen (secondary N) is 1. The van der Waals surface area contributed by atoms with Gasteiger partial charge in [0.05, 0.1) is 4.92 Å². The Bertz CT molecular complexity index is 438. The summed E-state index contributed by atoms with van der Waals surface area (Å²) in [6, 6.07) is 4.04. The van der Waals surface area contributed by atoms with E-state index in [1.54, 1.807) is 0 Å². The lowest BCUT2D eigenvalue weighted by Gasteiger charge is -2.09. The van der Waals surface area contributed by atoms with E-state index in [1.165, 1.54) is 18.2 Å². The van der Waals surface area contributed by atoms with Crippen molar-refractivity contribution in [1.29, 1.82) is 0 Å². The monoisotopic (exact) mass is 326 g/mol. The normalized spacial score (nSPS) is 11.3. The maximum atomic E-state index is 11.9. The van der Waals surface area contributed by atoms with Crippen LogP contribution in [-0.2, 0) is 0 Å². The van der Waals surface area contributed by atoms with E-state index in [-0.39, 0.29) is 18.7 Å². The van der Waals surface area contributed by atoms with Crippen LogP contribution in [0.1, 0.15) is 12.8 Å². The molecule has 0 amide bonds. The third-order valence-electron chi connectivity index (χ3n) is 2.12. The molecular weight excluding hydrogens is 317 g/mol. The molecule has 0 aliphatic rings. The number of non-ortho nitro benzene ring substituents is 1. The molecule has 0 fully saturated rings. The zero-order valence-electron chi connectivity index (χ0n) is 9.13. The molecule has 0 aliphatic carbocycles. The number of hydrogen-bond acceptors (Lipinski definition) is 3. The van der Waals surface area contributed by atoms with E-state index in [0.29, 0.717) is 10.2 Å². The second-order valence-electron chi connectivity index (χ2n) is 3.57. The number of nitro groups is 1. The first-order chi connectivity index (χ1) is 8.29. The summed E-state index contributed by atoms with van der Waals surface area (Å²) in [5.41, 5.74) is 0.450. The van der Waals surface area contributed by atoms with E-state index in [9.17, 15) is 23.3 Å². The predicted molar refractivity (Wildman–Crippen MR) is 64.6 cm³/mol. The highest BCUT2D eigenvalue weighted by molar-refractivity contribution is 9.10. The van der Waals surface area contributed by atoms with Gasteiger partial charge in [0.2, 0.25) is 0 Å². The topological polar surface area (TPSA) is 55.2 Å². The number of rotatable bonds is 5. The maximum Gasteiger partial charge on any atom is 0.389 e. The van der Waals surface area contributed by atoms with Crippen LogP contribution < -0.4 is 5.32 Å². The molecule has 1 N–H and O–H groups in total. The number of anilines is 1. The lowest BCUT2D eigenvalue weighted by atomic mass is 10.2. The van der Waals surface area contributed by atoms with Gasteiger partial charge in [-0.3, -0.25) is 10.1 Å². The second-order valence-corrected chi connectivity index (χ2v) is 4.42. The molecule has 18 heavy (non-hydrogen) atoms. The van der Waals surface area contributed by atoms with Crippen molar-refractivity contribution in [2.45, 2.75) is 19.0 Å². The lowest BCUT2D eigenvalue weighted by molar-refractivity contribution is -0.384. The largest absolute Gasteiger partial charge is 0.389 e. The molecule has 0 bridgehead atoms. The van der Waals surface area contributed by atoms with E-state index in [4.69, 9.17) is 0 Å². The lowest BCUT2D eigenvalue weighted by Crippen LogP contribution is -2.11. The molecule has 1 rings (SSSR count). The average Bonchev–Trinajstić information content (AvgIpc) is 2.24. The van der Waals surface area contributed by atoms with E-state index >= 15 is 0 Å². The Hall–Kier alpha value is -1.31. The summed E-state index contributed by atoms with van der Waals surface area (Å²) in [6.45, 7) is 0.149. The SMILES string of the molecule is O=[N+]([O-])c1ccc(NCCCC(F)(F)F)c(Br)c1. The molecule has 0 saturated heterocycles. The van der Waals surface area contributed by atoms with Gasteiger partial charge < -0.3 is 5.32 Å². The van der Waals surface area contributed by atoms with Gasteiger partial charge in [-0.2, -0.15) is 13.2 Å². The molecule has 0 aliphatic heterocycles. The summed E-state index contributed by atoms with van der Waals surface area (Å²) in [5, 5.41) is 13.3. The summed E-state index contributed by atoms with van der Waals surface area (Å²) in [7, 11) is 0. The van der Waals surface area contributed by atoms with Gasteiger partial charge in [0.15, 0.2) is 0 Å². The Kier molecular flexibility index (Phi) is 4.94. The highest BCUT2D eigenvalue weighted by Crippen LogP contribution is 2.27. The Balaban J connectivity index is 2.51. The minimum absolute atomic E-state index is 0.0487. The van der Waals surface area contributed by atoms with Gasteiger partial charge in [-0.25, -0.2) is 0 Å². The average molecular weight is 327 g/mol. The molecule has 0 radical (unpaired) electrons. The number of hydrogen-bond donors (Lipinski definition) is 1. The molecule has 0 atom stereocenters. The molecule has 4 nitrogen and oxygen atoms in total. The Labute approximate surface area is 109 Å². The van der Waals surface area contributed by atoms with Crippen molar-refractivity contribution >= 4 is 27.3 Å². The van der Waals surface area contributed by atoms with Gasteiger partial charge in [0.25, 0.3) is 5.69 Å².